The minimum absolute atomic E-state index is 0.0923. The Balaban J connectivity index is 1.51. The molecule has 1 aliphatic heterocycles. The van der Waals surface area contributed by atoms with Crippen molar-refractivity contribution in [2.24, 2.45) is 0 Å². The molecule has 3 N–H and O–H groups in total. The lowest BCUT2D eigenvalue weighted by molar-refractivity contribution is -0.121. The zero-order valence-corrected chi connectivity index (χ0v) is 14.7. The second kappa shape index (κ2) is 6.60. The van der Waals surface area contributed by atoms with Crippen LogP contribution >= 0.6 is 0 Å². The standard InChI is InChI=1S/C20H18N4O3/c1-12(25)22-14-4-6-16(7-5-14)24-19(26)11-18(20(24)27)23-15-3-2-13-8-9-21-17(13)10-15/h2-10,18,21,23H,11H2,1H3,(H,22,25). The molecule has 1 aliphatic rings. The number of aromatic nitrogens is 1. The van der Waals surface area contributed by atoms with Gasteiger partial charge < -0.3 is 15.6 Å². The summed E-state index contributed by atoms with van der Waals surface area (Å²) in [5, 5.41) is 6.89. The van der Waals surface area contributed by atoms with Crippen LogP contribution in [0.1, 0.15) is 13.3 Å². The van der Waals surface area contributed by atoms with Crippen molar-refractivity contribution in [1.29, 1.82) is 0 Å². The molecule has 2 aromatic carbocycles. The van der Waals surface area contributed by atoms with Gasteiger partial charge in [0.2, 0.25) is 11.8 Å². The molecule has 7 nitrogen and oxygen atoms in total. The van der Waals surface area contributed by atoms with Crippen molar-refractivity contribution in [2.45, 2.75) is 19.4 Å². The van der Waals surface area contributed by atoms with Gasteiger partial charge in [-0.3, -0.25) is 14.4 Å². The molecular formula is C20H18N4O3. The number of fused-ring (bicyclic) bond motifs is 1. The van der Waals surface area contributed by atoms with Crippen LogP contribution in [0.15, 0.2) is 54.7 Å². The van der Waals surface area contributed by atoms with Crippen LogP contribution in [0.5, 0.6) is 0 Å². The lowest BCUT2D eigenvalue weighted by Crippen LogP contribution is -2.34. The van der Waals surface area contributed by atoms with E-state index in [0.717, 1.165) is 16.6 Å². The minimum atomic E-state index is -0.611. The third kappa shape index (κ3) is 3.27. The molecule has 1 aromatic heterocycles. The number of H-pyrrole nitrogens is 1. The van der Waals surface area contributed by atoms with E-state index in [9.17, 15) is 14.4 Å². The Labute approximate surface area is 155 Å². The summed E-state index contributed by atoms with van der Waals surface area (Å²) in [5.74, 6) is -0.732. The zero-order chi connectivity index (χ0) is 19.0. The van der Waals surface area contributed by atoms with Crippen LogP contribution in [-0.2, 0) is 14.4 Å². The smallest absolute Gasteiger partial charge is 0.256 e. The first-order valence-corrected chi connectivity index (χ1v) is 8.59. The molecule has 0 radical (unpaired) electrons. The number of hydrogen-bond acceptors (Lipinski definition) is 4. The van der Waals surface area contributed by atoms with Gasteiger partial charge >= 0.3 is 0 Å². The van der Waals surface area contributed by atoms with E-state index in [1.165, 1.54) is 11.8 Å². The summed E-state index contributed by atoms with van der Waals surface area (Å²) < 4.78 is 0. The van der Waals surface area contributed by atoms with Crippen LogP contribution in [0.25, 0.3) is 10.9 Å². The number of aromatic amines is 1. The number of hydrogen-bond donors (Lipinski definition) is 3. The van der Waals surface area contributed by atoms with E-state index in [4.69, 9.17) is 0 Å². The Hall–Kier alpha value is -3.61. The number of nitrogens with one attached hydrogen (secondary N) is 3. The number of carbonyl (C=O) groups excluding carboxylic acids is 3. The third-order valence-electron chi connectivity index (χ3n) is 4.49. The number of anilines is 3. The maximum absolute atomic E-state index is 12.8. The predicted molar refractivity (Wildman–Crippen MR) is 104 cm³/mol. The fraction of sp³-hybridized carbons (Fsp3) is 0.150. The van der Waals surface area contributed by atoms with Gasteiger partial charge in [-0.05, 0) is 47.9 Å². The Morgan fingerprint density at radius 1 is 1.07 bits per heavy atom. The van der Waals surface area contributed by atoms with Gasteiger partial charge in [0.05, 0.1) is 12.1 Å². The zero-order valence-electron chi connectivity index (χ0n) is 14.7. The molecule has 27 heavy (non-hydrogen) atoms. The maximum atomic E-state index is 12.8. The molecule has 3 amide bonds. The molecule has 1 fully saturated rings. The molecule has 1 saturated heterocycles. The van der Waals surface area contributed by atoms with Gasteiger partial charge in [-0.15, -0.1) is 0 Å². The van der Waals surface area contributed by atoms with Crippen molar-refractivity contribution in [1.82, 2.24) is 4.98 Å². The second-order valence-electron chi connectivity index (χ2n) is 6.48. The summed E-state index contributed by atoms with van der Waals surface area (Å²) in [6, 6.07) is 13.7. The highest BCUT2D eigenvalue weighted by Crippen LogP contribution is 2.27. The van der Waals surface area contributed by atoms with Gasteiger partial charge in [0, 0.05) is 30.0 Å². The van der Waals surface area contributed by atoms with Crippen molar-refractivity contribution in [3.63, 3.8) is 0 Å². The van der Waals surface area contributed by atoms with Crippen LogP contribution in [0, 0.1) is 0 Å². The number of amides is 3. The second-order valence-corrected chi connectivity index (χ2v) is 6.48. The van der Waals surface area contributed by atoms with Crippen LogP contribution in [-0.4, -0.2) is 28.7 Å². The predicted octanol–water partition coefficient (Wildman–Crippen LogP) is 2.87. The van der Waals surface area contributed by atoms with Crippen molar-refractivity contribution < 1.29 is 14.4 Å². The molecular weight excluding hydrogens is 344 g/mol. The summed E-state index contributed by atoms with van der Waals surface area (Å²) in [5.41, 5.74) is 2.84. The van der Waals surface area contributed by atoms with E-state index in [2.05, 4.69) is 15.6 Å². The van der Waals surface area contributed by atoms with E-state index >= 15 is 0 Å². The molecule has 1 unspecified atom stereocenters. The fourth-order valence-electron chi connectivity index (χ4n) is 3.25. The average molecular weight is 362 g/mol. The first kappa shape index (κ1) is 16.8. The highest BCUT2D eigenvalue weighted by Gasteiger charge is 2.39. The summed E-state index contributed by atoms with van der Waals surface area (Å²) in [7, 11) is 0. The van der Waals surface area contributed by atoms with E-state index in [-0.39, 0.29) is 24.1 Å². The van der Waals surface area contributed by atoms with Crippen molar-refractivity contribution in [3.05, 3.63) is 54.7 Å². The summed E-state index contributed by atoms with van der Waals surface area (Å²) in [6.07, 6.45) is 1.94. The molecule has 2 heterocycles. The Kier molecular flexibility index (Phi) is 4.12. The minimum Gasteiger partial charge on any atom is -0.373 e. The highest BCUT2D eigenvalue weighted by atomic mass is 16.2. The van der Waals surface area contributed by atoms with E-state index in [1.54, 1.807) is 24.3 Å². The Bertz CT molecular complexity index is 1040. The van der Waals surface area contributed by atoms with Crippen LogP contribution in [0.2, 0.25) is 0 Å². The van der Waals surface area contributed by atoms with Crippen LogP contribution in [0.3, 0.4) is 0 Å². The highest BCUT2D eigenvalue weighted by molar-refractivity contribution is 6.23. The van der Waals surface area contributed by atoms with Crippen LogP contribution in [0.4, 0.5) is 17.1 Å². The lowest BCUT2D eigenvalue weighted by Gasteiger charge is -2.16. The largest absolute Gasteiger partial charge is 0.373 e. The summed E-state index contributed by atoms with van der Waals surface area (Å²) in [4.78, 5) is 40.6. The Morgan fingerprint density at radius 3 is 2.56 bits per heavy atom. The molecule has 4 rings (SSSR count). The molecule has 136 valence electrons. The molecule has 3 aromatic rings. The fourth-order valence-corrected chi connectivity index (χ4v) is 3.25. The third-order valence-corrected chi connectivity index (χ3v) is 4.49. The monoisotopic (exact) mass is 362 g/mol. The van der Waals surface area contributed by atoms with Gasteiger partial charge in [-0.2, -0.15) is 0 Å². The molecule has 0 bridgehead atoms. The summed E-state index contributed by atoms with van der Waals surface area (Å²) >= 11 is 0. The summed E-state index contributed by atoms with van der Waals surface area (Å²) in [6.45, 7) is 1.42. The van der Waals surface area contributed by atoms with Crippen molar-refractivity contribution >= 4 is 45.7 Å². The number of rotatable bonds is 4. The SMILES string of the molecule is CC(=O)Nc1ccc(N2C(=O)CC(Nc3ccc4cc[nH]c4c3)C2=O)cc1. The van der Waals surface area contributed by atoms with Crippen molar-refractivity contribution in [2.75, 3.05) is 15.5 Å². The molecule has 1 atom stereocenters. The van der Waals surface area contributed by atoms with Gasteiger partial charge in [-0.1, -0.05) is 6.07 Å². The lowest BCUT2D eigenvalue weighted by atomic mass is 10.2. The first-order chi connectivity index (χ1) is 13.0. The topological polar surface area (TPSA) is 94.3 Å². The van der Waals surface area contributed by atoms with Crippen molar-refractivity contribution in [3.8, 4) is 0 Å². The Morgan fingerprint density at radius 2 is 1.81 bits per heavy atom. The van der Waals surface area contributed by atoms with E-state index in [1.807, 2.05) is 30.5 Å². The quantitative estimate of drug-likeness (QED) is 0.622. The molecule has 0 spiro atoms. The average Bonchev–Trinajstić information content (AvgIpc) is 3.20. The number of nitrogens with zero attached hydrogens (tertiary/aromatic N) is 1. The van der Waals surface area contributed by atoms with Gasteiger partial charge in [0.1, 0.15) is 6.04 Å². The number of imide groups is 1. The van der Waals surface area contributed by atoms with Gasteiger partial charge in [0.15, 0.2) is 0 Å². The number of benzene rings is 2. The first-order valence-electron chi connectivity index (χ1n) is 8.59. The molecule has 0 saturated carbocycles. The van der Waals surface area contributed by atoms with Gasteiger partial charge in [0.25, 0.3) is 5.91 Å². The molecule has 7 heteroatoms. The maximum Gasteiger partial charge on any atom is 0.256 e. The normalized spacial score (nSPS) is 16.8. The van der Waals surface area contributed by atoms with E-state index in [0.29, 0.717) is 11.4 Å². The van der Waals surface area contributed by atoms with Crippen LogP contribution < -0.4 is 15.5 Å². The molecule has 0 aliphatic carbocycles. The van der Waals surface area contributed by atoms with E-state index < -0.39 is 6.04 Å². The van der Waals surface area contributed by atoms with Gasteiger partial charge in [-0.25, -0.2) is 4.90 Å². The number of carbonyl (C=O) groups is 3.